The second-order valence-electron chi connectivity index (χ2n) is 6.66. The summed E-state index contributed by atoms with van der Waals surface area (Å²) in [6.07, 6.45) is 0.808. The van der Waals surface area contributed by atoms with Gasteiger partial charge in [-0.05, 0) is 50.1 Å². The molecule has 4 rings (SSSR count). The molecule has 2 heterocycles. The fourth-order valence-corrected chi connectivity index (χ4v) is 3.35. The van der Waals surface area contributed by atoms with Gasteiger partial charge in [0.2, 0.25) is 0 Å². The molecule has 24 heavy (non-hydrogen) atoms. The molecule has 0 spiro atoms. The number of aromatic nitrogens is 2. The molecule has 120 valence electrons. The van der Waals surface area contributed by atoms with Gasteiger partial charge in [0.25, 0.3) is 0 Å². The van der Waals surface area contributed by atoms with Crippen LogP contribution >= 0.6 is 11.6 Å². The predicted molar refractivity (Wildman–Crippen MR) is 94.4 cm³/mol. The standard InChI is InChI=1S/C19H15ClFN3/c1-19(2)10-12-8-13(20)6-7-14(12)18(22-19)16-9-11-4-3-5-15(21)17(11)24-23-16/h3-9H,10H2,1-2H3. The molecule has 1 aromatic heterocycles. The Balaban J connectivity index is 1.93. The highest BCUT2D eigenvalue weighted by Gasteiger charge is 2.28. The Morgan fingerprint density at radius 3 is 2.75 bits per heavy atom. The van der Waals surface area contributed by atoms with Crippen molar-refractivity contribution >= 4 is 28.2 Å². The third-order valence-corrected chi connectivity index (χ3v) is 4.41. The van der Waals surface area contributed by atoms with Gasteiger partial charge in [-0.25, -0.2) is 4.39 Å². The molecule has 1 aliphatic heterocycles. The van der Waals surface area contributed by atoms with Crippen molar-refractivity contribution in [2.45, 2.75) is 25.8 Å². The van der Waals surface area contributed by atoms with Crippen LogP contribution in [0.5, 0.6) is 0 Å². The smallest absolute Gasteiger partial charge is 0.151 e. The van der Waals surface area contributed by atoms with Crippen molar-refractivity contribution in [1.82, 2.24) is 10.2 Å². The summed E-state index contributed by atoms with van der Waals surface area (Å²) >= 11 is 6.15. The zero-order valence-electron chi connectivity index (χ0n) is 13.3. The Bertz CT molecular complexity index is 995. The van der Waals surface area contributed by atoms with Crippen LogP contribution in [0.2, 0.25) is 5.02 Å². The van der Waals surface area contributed by atoms with E-state index in [4.69, 9.17) is 16.6 Å². The van der Waals surface area contributed by atoms with Gasteiger partial charge in [0, 0.05) is 16.0 Å². The molecular formula is C19H15ClFN3. The number of hydrogen-bond acceptors (Lipinski definition) is 3. The van der Waals surface area contributed by atoms with Crippen molar-refractivity contribution in [3.8, 4) is 0 Å². The van der Waals surface area contributed by atoms with Crippen molar-refractivity contribution in [3.05, 3.63) is 70.1 Å². The van der Waals surface area contributed by atoms with Gasteiger partial charge in [0.05, 0.1) is 11.3 Å². The topological polar surface area (TPSA) is 38.1 Å². The zero-order chi connectivity index (χ0) is 16.9. The summed E-state index contributed by atoms with van der Waals surface area (Å²) in [6, 6.07) is 12.5. The second kappa shape index (κ2) is 5.35. The van der Waals surface area contributed by atoms with Gasteiger partial charge in [-0.3, -0.25) is 4.99 Å². The van der Waals surface area contributed by atoms with E-state index in [1.54, 1.807) is 6.07 Å². The molecule has 0 saturated heterocycles. The molecule has 0 fully saturated rings. The summed E-state index contributed by atoms with van der Waals surface area (Å²) in [4.78, 5) is 4.86. The lowest BCUT2D eigenvalue weighted by molar-refractivity contribution is 0.513. The minimum Gasteiger partial charge on any atom is -0.276 e. The number of nitrogens with zero attached hydrogens (tertiary/aromatic N) is 3. The lowest BCUT2D eigenvalue weighted by Crippen LogP contribution is -2.29. The van der Waals surface area contributed by atoms with E-state index in [0.29, 0.717) is 16.1 Å². The maximum atomic E-state index is 13.8. The predicted octanol–water partition coefficient (Wildman–Crippen LogP) is 4.59. The van der Waals surface area contributed by atoms with Crippen LogP contribution in [0.1, 0.15) is 30.7 Å². The van der Waals surface area contributed by atoms with Gasteiger partial charge in [-0.2, -0.15) is 0 Å². The quantitative estimate of drug-likeness (QED) is 0.650. The number of halogens is 2. The van der Waals surface area contributed by atoms with Crippen LogP contribution in [0, 0.1) is 5.82 Å². The maximum absolute atomic E-state index is 13.8. The van der Waals surface area contributed by atoms with Gasteiger partial charge in [-0.15, -0.1) is 10.2 Å². The summed E-state index contributed by atoms with van der Waals surface area (Å²) in [7, 11) is 0. The molecule has 2 aromatic carbocycles. The first-order valence-electron chi connectivity index (χ1n) is 7.74. The number of benzene rings is 2. The molecule has 0 unspecified atom stereocenters. The van der Waals surface area contributed by atoms with E-state index in [2.05, 4.69) is 24.0 Å². The van der Waals surface area contributed by atoms with E-state index < -0.39 is 0 Å². The SMILES string of the molecule is CC1(C)Cc2cc(Cl)ccc2C(c2cc3cccc(F)c3nn2)=N1. The summed E-state index contributed by atoms with van der Waals surface area (Å²) in [5.41, 5.74) is 3.57. The van der Waals surface area contributed by atoms with E-state index >= 15 is 0 Å². The first kappa shape index (κ1) is 15.2. The first-order valence-corrected chi connectivity index (χ1v) is 8.12. The third kappa shape index (κ3) is 2.57. The summed E-state index contributed by atoms with van der Waals surface area (Å²) in [6.45, 7) is 4.15. The Hall–Kier alpha value is -2.33. The van der Waals surface area contributed by atoms with Gasteiger partial charge < -0.3 is 0 Å². The largest absolute Gasteiger partial charge is 0.276 e. The fraction of sp³-hybridized carbons (Fsp3) is 0.211. The molecule has 0 aliphatic carbocycles. The molecule has 0 amide bonds. The van der Waals surface area contributed by atoms with Crippen LogP contribution in [0.15, 0.2) is 47.5 Å². The molecule has 0 saturated carbocycles. The normalized spacial score (nSPS) is 15.9. The van der Waals surface area contributed by atoms with Crippen molar-refractivity contribution in [2.24, 2.45) is 4.99 Å². The molecular weight excluding hydrogens is 325 g/mol. The van der Waals surface area contributed by atoms with Crippen LogP contribution in [-0.4, -0.2) is 21.4 Å². The summed E-state index contributed by atoms with van der Waals surface area (Å²) in [5, 5.41) is 9.70. The number of fused-ring (bicyclic) bond motifs is 2. The van der Waals surface area contributed by atoms with E-state index in [0.717, 1.165) is 23.3 Å². The Labute approximate surface area is 144 Å². The maximum Gasteiger partial charge on any atom is 0.151 e. The molecule has 3 aromatic rings. The highest BCUT2D eigenvalue weighted by Crippen LogP contribution is 2.31. The molecule has 1 aliphatic rings. The molecule has 0 atom stereocenters. The fourth-order valence-electron chi connectivity index (χ4n) is 3.15. The average molecular weight is 340 g/mol. The van der Waals surface area contributed by atoms with Gasteiger partial charge >= 0.3 is 0 Å². The number of aliphatic imine (C=N–C) groups is 1. The minimum absolute atomic E-state index is 0.258. The Morgan fingerprint density at radius 1 is 1.08 bits per heavy atom. The van der Waals surface area contributed by atoms with Crippen molar-refractivity contribution in [1.29, 1.82) is 0 Å². The first-order chi connectivity index (χ1) is 11.4. The van der Waals surface area contributed by atoms with Crippen LogP contribution in [0.3, 0.4) is 0 Å². The van der Waals surface area contributed by atoms with E-state index in [-0.39, 0.29) is 16.9 Å². The number of rotatable bonds is 1. The van der Waals surface area contributed by atoms with Gasteiger partial charge in [0.15, 0.2) is 5.82 Å². The molecule has 0 radical (unpaired) electrons. The molecule has 3 nitrogen and oxygen atoms in total. The average Bonchev–Trinajstić information content (AvgIpc) is 2.52. The minimum atomic E-state index is -0.371. The molecule has 5 heteroatoms. The third-order valence-electron chi connectivity index (χ3n) is 4.17. The summed E-state index contributed by atoms with van der Waals surface area (Å²) in [5.74, 6) is -0.371. The molecule has 0 bridgehead atoms. The van der Waals surface area contributed by atoms with E-state index in [1.807, 2.05) is 30.3 Å². The summed E-state index contributed by atoms with van der Waals surface area (Å²) < 4.78 is 13.8. The van der Waals surface area contributed by atoms with Crippen LogP contribution in [0.4, 0.5) is 4.39 Å². The zero-order valence-corrected chi connectivity index (χ0v) is 14.1. The highest BCUT2D eigenvalue weighted by atomic mass is 35.5. The Morgan fingerprint density at radius 2 is 1.92 bits per heavy atom. The highest BCUT2D eigenvalue weighted by molar-refractivity contribution is 6.31. The lowest BCUT2D eigenvalue weighted by Gasteiger charge is -2.28. The molecule has 0 N–H and O–H groups in total. The van der Waals surface area contributed by atoms with Gasteiger partial charge in [-0.1, -0.05) is 29.8 Å². The van der Waals surface area contributed by atoms with E-state index in [9.17, 15) is 4.39 Å². The van der Waals surface area contributed by atoms with E-state index in [1.165, 1.54) is 6.07 Å². The van der Waals surface area contributed by atoms with Crippen LogP contribution < -0.4 is 0 Å². The monoisotopic (exact) mass is 339 g/mol. The lowest BCUT2D eigenvalue weighted by atomic mass is 9.86. The van der Waals surface area contributed by atoms with Crippen molar-refractivity contribution in [2.75, 3.05) is 0 Å². The second-order valence-corrected chi connectivity index (χ2v) is 7.09. The van der Waals surface area contributed by atoms with Gasteiger partial charge in [0.1, 0.15) is 11.2 Å². The van der Waals surface area contributed by atoms with Crippen LogP contribution in [-0.2, 0) is 6.42 Å². The van der Waals surface area contributed by atoms with Crippen LogP contribution in [0.25, 0.3) is 10.9 Å². The Kier molecular flexibility index (Phi) is 3.39. The number of hydrogen-bond donors (Lipinski definition) is 0. The van der Waals surface area contributed by atoms with Crippen molar-refractivity contribution < 1.29 is 4.39 Å². The van der Waals surface area contributed by atoms with Crippen molar-refractivity contribution in [3.63, 3.8) is 0 Å².